The van der Waals surface area contributed by atoms with Crippen LogP contribution >= 0.6 is 11.6 Å². The van der Waals surface area contributed by atoms with Crippen molar-refractivity contribution in [2.75, 3.05) is 31.0 Å². The highest BCUT2D eigenvalue weighted by molar-refractivity contribution is 7.91. The SMILES string of the molecule is COc1cc(OC)c(NC2CCCS(=O)(=O)C2)cc1Cl. The third-order valence-corrected chi connectivity index (χ3v) is 5.41. The molecule has 0 saturated carbocycles. The Labute approximate surface area is 124 Å². The van der Waals surface area contributed by atoms with Crippen LogP contribution < -0.4 is 14.8 Å². The van der Waals surface area contributed by atoms with E-state index in [4.69, 9.17) is 21.1 Å². The minimum atomic E-state index is -2.96. The van der Waals surface area contributed by atoms with Crippen LogP contribution in [0.15, 0.2) is 12.1 Å². The van der Waals surface area contributed by atoms with E-state index in [-0.39, 0.29) is 17.5 Å². The number of rotatable bonds is 4. The minimum absolute atomic E-state index is 0.118. The molecule has 1 saturated heterocycles. The summed E-state index contributed by atoms with van der Waals surface area (Å²) in [6.07, 6.45) is 1.48. The molecule has 1 heterocycles. The van der Waals surface area contributed by atoms with Crippen LogP contribution in [0.2, 0.25) is 5.02 Å². The van der Waals surface area contributed by atoms with Gasteiger partial charge in [0.05, 0.1) is 36.4 Å². The number of halogens is 1. The molecule has 0 aromatic heterocycles. The quantitative estimate of drug-likeness (QED) is 0.923. The van der Waals surface area contributed by atoms with Gasteiger partial charge in [-0.1, -0.05) is 11.6 Å². The smallest absolute Gasteiger partial charge is 0.152 e. The summed E-state index contributed by atoms with van der Waals surface area (Å²) in [6.45, 7) is 0. The molecule has 7 heteroatoms. The van der Waals surface area contributed by atoms with Crippen molar-refractivity contribution in [2.24, 2.45) is 0 Å². The lowest BCUT2D eigenvalue weighted by Crippen LogP contribution is -2.34. The second-order valence-corrected chi connectivity index (χ2v) is 7.42. The molecule has 1 atom stereocenters. The molecular weight excluding hydrogens is 302 g/mol. The number of anilines is 1. The van der Waals surface area contributed by atoms with E-state index in [0.717, 1.165) is 6.42 Å². The molecule has 20 heavy (non-hydrogen) atoms. The predicted molar refractivity (Wildman–Crippen MR) is 79.9 cm³/mol. The van der Waals surface area contributed by atoms with Crippen LogP contribution in [0, 0.1) is 0 Å². The topological polar surface area (TPSA) is 64.6 Å². The first-order chi connectivity index (χ1) is 9.45. The summed E-state index contributed by atoms with van der Waals surface area (Å²) in [4.78, 5) is 0. The second kappa shape index (κ2) is 6.10. The van der Waals surface area contributed by atoms with Crippen molar-refractivity contribution in [3.05, 3.63) is 17.2 Å². The third kappa shape index (κ3) is 3.49. The first kappa shape index (κ1) is 15.3. The van der Waals surface area contributed by atoms with Crippen LogP contribution in [-0.2, 0) is 9.84 Å². The lowest BCUT2D eigenvalue weighted by molar-refractivity contribution is 0.395. The van der Waals surface area contributed by atoms with Crippen LogP contribution in [0.5, 0.6) is 11.5 Å². The Bertz CT molecular complexity index is 588. The van der Waals surface area contributed by atoms with Crippen LogP contribution in [-0.4, -0.2) is 40.2 Å². The second-order valence-electron chi connectivity index (χ2n) is 4.78. The molecule has 0 bridgehead atoms. The standard InChI is InChI=1S/C13H18ClNO4S/c1-18-12-7-13(19-2)11(6-10(12)14)15-9-4-3-5-20(16,17)8-9/h6-7,9,15H,3-5,8H2,1-2H3. The Balaban J connectivity index is 2.22. The molecule has 1 aromatic rings. The monoisotopic (exact) mass is 319 g/mol. The largest absolute Gasteiger partial charge is 0.495 e. The average Bonchev–Trinajstić information content (AvgIpc) is 2.38. The Kier molecular flexibility index (Phi) is 4.65. The maximum atomic E-state index is 11.7. The normalized spacial score (nSPS) is 21.2. The van der Waals surface area contributed by atoms with Gasteiger partial charge in [0.2, 0.25) is 0 Å². The molecule has 0 spiro atoms. The first-order valence-electron chi connectivity index (χ1n) is 6.33. The van der Waals surface area contributed by atoms with E-state index in [1.165, 1.54) is 7.11 Å². The van der Waals surface area contributed by atoms with Crippen LogP contribution in [0.3, 0.4) is 0 Å². The number of ether oxygens (including phenoxy) is 2. The lowest BCUT2D eigenvalue weighted by atomic mass is 10.1. The fraction of sp³-hybridized carbons (Fsp3) is 0.538. The Morgan fingerprint density at radius 2 is 1.95 bits per heavy atom. The molecular formula is C13H18ClNO4S. The molecule has 0 radical (unpaired) electrons. The first-order valence-corrected chi connectivity index (χ1v) is 8.53. The third-order valence-electron chi connectivity index (χ3n) is 3.30. The van der Waals surface area contributed by atoms with E-state index in [0.29, 0.717) is 28.6 Å². The van der Waals surface area contributed by atoms with Gasteiger partial charge in [0.1, 0.15) is 11.5 Å². The summed E-state index contributed by atoms with van der Waals surface area (Å²) < 4.78 is 33.7. The van der Waals surface area contributed by atoms with Gasteiger partial charge in [-0.3, -0.25) is 0 Å². The van der Waals surface area contributed by atoms with Crippen molar-refractivity contribution in [1.82, 2.24) is 0 Å². The van der Waals surface area contributed by atoms with Crippen molar-refractivity contribution in [3.63, 3.8) is 0 Å². The van der Waals surface area contributed by atoms with Gasteiger partial charge in [0.15, 0.2) is 9.84 Å². The van der Waals surface area contributed by atoms with Gasteiger partial charge < -0.3 is 14.8 Å². The zero-order valence-electron chi connectivity index (χ0n) is 11.5. The molecule has 1 aliphatic heterocycles. The van der Waals surface area contributed by atoms with Crippen molar-refractivity contribution in [3.8, 4) is 11.5 Å². The highest BCUT2D eigenvalue weighted by Crippen LogP contribution is 2.36. The summed E-state index contributed by atoms with van der Waals surface area (Å²) in [5.41, 5.74) is 0.681. The molecule has 112 valence electrons. The molecule has 0 amide bonds. The van der Waals surface area contributed by atoms with Gasteiger partial charge in [-0.15, -0.1) is 0 Å². The highest BCUT2D eigenvalue weighted by atomic mass is 35.5. The van der Waals surface area contributed by atoms with Crippen LogP contribution in [0.1, 0.15) is 12.8 Å². The molecule has 1 aliphatic rings. The van der Waals surface area contributed by atoms with E-state index in [1.807, 2.05) is 0 Å². The van der Waals surface area contributed by atoms with Crippen molar-refractivity contribution >= 4 is 27.1 Å². The average molecular weight is 320 g/mol. The van der Waals surface area contributed by atoms with Gasteiger partial charge in [0.25, 0.3) is 0 Å². The van der Waals surface area contributed by atoms with E-state index < -0.39 is 9.84 Å². The zero-order chi connectivity index (χ0) is 14.8. The van der Waals surface area contributed by atoms with Gasteiger partial charge in [-0.05, 0) is 18.9 Å². The van der Waals surface area contributed by atoms with E-state index in [1.54, 1.807) is 19.2 Å². The summed E-state index contributed by atoms with van der Waals surface area (Å²) in [5.74, 6) is 1.51. The molecule has 1 N–H and O–H groups in total. The molecule has 0 aliphatic carbocycles. The maximum Gasteiger partial charge on any atom is 0.152 e. The minimum Gasteiger partial charge on any atom is -0.495 e. The summed E-state index contributed by atoms with van der Waals surface area (Å²) in [7, 11) is 0.121. The Morgan fingerprint density at radius 3 is 2.55 bits per heavy atom. The number of sulfone groups is 1. The maximum absolute atomic E-state index is 11.7. The van der Waals surface area contributed by atoms with Crippen molar-refractivity contribution < 1.29 is 17.9 Å². The number of nitrogens with one attached hydrogen (secondary N) is 1. The Hall–Kier alpha value is -1.14. The number of benzene rings is 1. The summed E-state index contributed by atoms with van der Waals surface area (Å²) in [6, 6.07) is 3.26. The predicted octanol–water partition coefficient (Wildman–Crippen LogP) is 2.35. The van der Waals surface area contributed by atoms with Gasteiger partial charge in [0, 0.05) is 12.1 Å². The number of hydrogen-bond donors (Lipinski definition) is 1. The van der Waals surface area contributed by atoms with Crippen LogP contribution in [0.4, 0.5) is 5.69 Å². The highest BCUT2D eigenvalue weighted by Gasteiger charge is 2.25. The molecule has 1 fully saturated rings. The van der Waals surface area contributed by atoms with E-state index in [2.05, 4.69) is 5.32 Å². The zero-order valence-corrected chi connectivity index (χ0v) is 13.1. The van der Waals surface area contributed by atoms with E-state index in [9.17, 15) is 8.42 Å². The summed E-state index contributed by atoms with van der Waals surface area (Å²) in [5, 5.41) is 3.66. The number of hydrogen-bond acceptors (Lipinski definition) is 5. The number of methoxy groups -OCH3 is 2. The van der Waals surface area contributed by atoms with Crippen molar-refractivity contribution in [2.45, 2.75) is 18.9 Å². The molecule has 1 unspecified atom stereocenters. The fourth-order valence-corrected chi connectivity index (χ4v) is 4.21. The van der Waals surface area contributed by atoms with Crippen molar-refractivity contribution in [1.29, 1.82) is 0 Å². The van der Waals surface area contributed by atoms with Gasteiger partial charge in [-0.2, -0.15) is 0 Å². The molecule has 2 rings (SSSR count). The summed E-state index contributed by atoms with van der Waals surface area (Å²) >= 11 is 6.09. The molecule has 1 aromatic carbocycles. The van der Waals surface area contributed by atoms with Crippen LogP contribution in [0.25, 0.3) is 0 Å². The lowest BCUT2D eigenvalue weighted by Gasteiger charge is -2.25. The Morgan fingerprint density at radius 1 is 1.25 bits per heavy atom. The fourth-order valence-electron chi connectivity index (χ4n) is 2.33. The van der Waals surface area contributed by atoms with Gasteiger partial charge in [-0.25, -0.2) is 8.42 Å². The van der Waals surface area contributed by atoms with Gasteiger partial charge >= 0.3 is 0 Å². The molecule has 5 nitrogen and oxygen atoms in total. The van der Waals surface area contributed by atoms with E-state index >= 15 is 0 Å².